The fraction of sp³-hybridized carbons (Fsp3) is 0.333. The van der Waals surface area contributed by atoms with Crippen LogP contribution in [0.5, 0.6) is 0 Å². The largest absolute Gasteiger partial charge is 0.374 e. The number of hydrogen-bond acceptors (Lipinski definition) is 3. The second-order valence-electron chi connectivity index (χ2n) is 6.51. The molecular weight excluding hydrogens is 328 g/mol. The van der Waals surface area contributed by atoms with Gasteiger partial charge < -0.3 is 15.4 Å². The minimum absolute atomic E-state index is 0.0485. The van der Waals surface area contributed by atoms with E-state index in [-0.39, 0.29) is 24.5 Å². The number of carbonyl (C=O) groups excluding carboxylic acids is 2. The monoisotopic (exact) mass is 354 g/mol. The van der Waals surface area contributed by atoms with Crippen molar-refractivity contribution in [2.45, 2.75) is 40.0 Å². The number of hydrogen-bond donors (Lipinski definition) is 2. The third kappa shape index (κ3) is 6.69. The molecule has 0 aliphatic carbocycles. The Morgan fingerprint density at radius 3 is 2.35 bits per heavy atom. The van der Waals surface area contributed by atoms with Gasteiger partial charge >= 0.3 is 0 Å². The molecule has 2 aromatic carbocycles. The summed E-state index contributed by atoms with van der Waals surface area (Å²) >= 11 is 0. The van der Waals surface area contributed by atoms with Crippen LogP contribution in [-0.4, -0.2) is 24.5 Å². The van der Waals surface area contributed by atoms with Gasteiger partial charge in [-0.2, -0.15) is 0 Å². The molecule has 2 aromatic rings. The van der Waals surface area contributed by atoms with Crippen molar-refractivity contribution < 1.29 is 14.3 Å². The molecule has 0 spiro atoms. The average molecular weight is 354 g/mol. The van der Waals surface area contributed by atoms with Crippen LogP contribution < -0.4 is 10.6 Å². The molecule has 0 aliphatic heterocycles. The molecule has 2 amide bonds. The first kappa shape index (κ1) is 19.7. The van der Waals surface area contributed by atoms with Crippen LogP contribution >= 0.6 is 0 Å². The summed E-state index contributed by atoms with van der Waals surface area (Å²) in [7, 11) is 0. The highest BCUT2D eigenvalue weighted by Gasteiger charge is 2.08. The summed E-state index contributed by atoms with van der Waals surface area (Å²) in [6, 6.07) is 15.2. The highest BCUT2D eigenvalue weighted by atomic mass is 16.5. The molecule has 26 heavy (non-hydrogen) atoms. The fourth-order valence-electron chi connectivity index (χ4n) is 2.33. The van der Waals surface area contributed by atoms with Gasteiger partial charge in [-0.3, -0.25) is 9.59 Å². The average Bonchev–Trinajstić information content (AvgIpc) is 2.63. The number of carbonyl (C=O) groups is 2. The van der Waals surface area contributed by atoms with Crippen LogP contribution in [-0.2, 0) is 22.7 Å². The summed E-state index contributed by atoms with van der Waals surface area (Å²) in [5.74, 6) is -0.475. The van der Waals surface area contributed by atoms with E-state index in [2.05, 4.69) is 10.6 Å². The molecule has 0 aromatic heterocycles. The molecule has 0 radical (unpaired) electrons. The highest BCUT2D eigenvalue weighted by Crippen LogP contribution is 2.07. The van der Waals surface area contributed by atoms with Gasteiger partial charge in [0.25, 0.3) is 5.91 Å². The molecule has 5 nitrogen and oxygen atoms in total. The molecule has 5 heteroatoms. The lowest BCUT2D eigenvalue weighted by Crippen LogP contribution is -2.36. The van der Waals surface area contributed by atoms with Gasteiger partial charge in [0, 0.05) is 12.1 Å². The number of amides is 2. The van der Waals surface area contributed by atoms with Crippen LogP contribution in [0.25, 0.3) is 0 Å². The summed E-state index contributed by atoms with van der Waals surface area (Å²) in [6.07, 6.45) is 0.198. The first-order valence-corrected chi connectivity index (χ1v) is 8.75. The normalized spacial score (nSPS) is 10.6. The summed E-state index contributed by atoms with van der Waals surface area (Å²) in [5.41, 5.74) is 3.65. The van der Waals surface area contributed by atoms with E-state index in [0.29, 0.717) is 18.7 Å². The molecule has 0 bridgehead atoms. The lowest BCUT2D eigenvalue weighted by molar-refractivity contribution is -0.120. The SMILES string of the molecule is Cc1cccc(C(=O)NCC(=O)NCc2ccc(COC(C)C)cc2)c1. The summed E-state index contributed by atoms with van der Waals surface area (Å²) in [4.78, 5) is 23.9. The van der Waals surface area contributed by atoms with E-state index < -0.39 is 0 Å². The topological polar surface area (TPSA) is 67.4 Å². The second kappa shape index (κ2) is 9.73. The van der Waals surface area contributed by atoms with Gasteiger partial charge in [0.1, 0.15) is 0 Å². The van der Waals surface area contributed by atoms with E-state index >= 15 is 0 Å². The zero-order valence-corrected chi connectivity index (χ0v) is 15.5. The summed E-state index contributed by atoms with van der Waals surface area (Å²) in [6.45, 7) is 6.87. The molecule has 0 saturated carbocycles. The van der Waals surface area contributed by atoms with Gasteiger partial charge in [-0.15, -0.1) is 0 Å². The number of ether oxygens (including phenoxy) is 1. The van der Waals surface area contributed by atoms with Gasteiger partial charge in [0.05, 0.1) is 19.3 Å². The molecule has 138 valence electrons. The number of benzene rings is 2. The fourth-order valence-corrected chi connectivity index (χ4v) is 2.33. The quantitative estimate of drug-likeness (QED) is 0.766. The predicted octanol–water partition coefficient (Wildman–Crippen LogP) is 2.97. The summed E-state index contributed by atoms with van der Waals surface area (Å²) in [5, 5.41) is 5.43. The number of nitrogens with one attached hydrogen (secondary N) is 2. The van der Waals surface area contributed by atoms with Crippen molar-refractivity contribution >= 4 is 11.8 Å². The summed E-state index contributed by atoms with van der Waals surface area (Å²) < 4.78 is 5.55. The van der Waals surface area contributed by atoms with Gasteiger partial charge in [-0.1, -0.05) is 42.0 Å². The molecule has 0 atom stereocenters. The Morgan fingerprint density at radius 1 is 1.00 bits per heavy atom. The van der Waals surface area contributed by atoms with Crippen molar-refractivity contribution in [1.29, 1.82) is 0 Å². The molecular formula is C21H26N2O3. The Kier molecular flexibility index (Phi) is 7.36. The van der Waals surface area contributed by atoms with E-state index in [1.807, 2.05) is 57.2 Å². The van der Waals surface area contributed by atoms with Gasteiger partial charge in [-0.05, 0) is 44.0 Å². The number of aryl methyl sites for hydroxylation is 1. The Bertz CT molecular complexity index is 739. The zero-order valence-electron chi connectivity index (χ0n) is 15.5. The minimum atomic E-state index is -0.252. The van der Waals surface area contributed by atoms with Crippen LogP contribution in [0.2, 0.25) is 0 Å². The van der Waals surface area contributed by atoms with Crippen molar-refractivity contribution in [1.82, 2.24) is 10.6 Å². The first-order chi connectivity index (χ1) is 12.4. The van der Waals surface area contributed by atoms with Crippen LogP contribution in [0, 0.1) is 6.92 Å². The minimum Gasteiger partial charge on any atom is -0.374 e. The Balaban J connectivity index is 1.73. The Morgan fingerprint density at radius 2 is 1.69 bits per heavy atom. The van der Waals surface area contributed by atoms with Gasteiger partial charge in [0.2, 0.25) is 5.91 Å². The Hall–Kier alpha value is -2.66. The standard InChI is InChI=1S/C21H26N2O3/c1-15(2)26-14-18-9-7-17(8-10-18)12-22-20(24)13-23-21(25)19-6-4-5-16(3)11-19/h4-11,15H,12-14H2,1-3H3,(H,22,24)(H,23,25). The lowest BCUT2D eigenvalue weighted by atomic mass is 10.1. The molecule has 0 unspecified atom stereocenters. The van der Waals surface area contributed by atoms with Crippen molar-refractivity contribution in [2.75, 3.05) is 6.54 Å². The first-order valence-electron chi connectivity index (χ1n) is 8.75. The predicted molar refractivity (Wildman–Crippen MR) is 102 cm³/mol. The smallest absolute Gasteiger partial charge is 0.251 e. The van der Waals surface area contributed by atoms with E-state index in [9.17, 15) is 9.59 Å². The maximum atomic E-state index is 12.0. The Labute approximate surface area is 154 Å². The van der Waals surface area contributed by atoms with Crippen LogP contribution in [0.1, 0.15) is 40.9 Å². The van der Waals surface area contributed by atoms with Crippen molar-refractivity contribution in [3.8, 4) is 0 Å². The maximum Gasteiger partial charge on any atom is 0.251 e. The van der Waals surface area contributed by atoms with Gasteiger partial charge in [-0.25, -0.2) is 0 Å². The van der Waals surface area contributed by atoms with Crippen molar-refractivity contribution in [2.24, 2.45) is 0 Å². The zero-order chi connectivity index (χ0) is 18.9. The molecule has 2 N–H and O–H groups in total. The highest BCUT2D eigenvalue weighted by molar-refractivity contribution is 5.96. The third-order valence-electron chi connectivity index (χ3n) is 3.79. The van der Waals surface area contributed by atoms with Crippen LogP contribution in [0.3, 0.4) is 0 Å². The van der Waals surface area contributed by atoms with Crippen molar-refractivity contribution in [3.05, 3.63) is 70.8 Å². The van der Waals surface area contributed by atoms with E-state index in [1.54, 1.807) is 12.1 Å². The second-order valence-corrected chi connectivity index (χ2v) is 6.51. The molecule has 2 rings (SSSR count). The number of rotatable bonds is 8. The molecule has 0 aliphatic rings. The van der Waals surface area contributed by atoms with E-state index in [0.717, 1.165) is 16.7 Å². The molecule has 0 saturated heterocycles. The van der Waals surface area contributed by atoms with E-state index in [4.69, 9.17) is 4.74 Å². The lowest BCUT2D eigenvalue weighted by Gasteiger charge is -2.09. The molecule has 0 fully saturated rings. The molecule has 0 heterocycles. The van der Waals surface area contributed by atoms with E-state index in [1.165, 1.54) is 0 Å². The van der Waals surface area contributed by atoms with Crippen LogP contribution in [0.4, 0.5) is 0 Å². The van der Waals surface area contributed by atoms with Crippen LogP contribution in [0.15, 0.2) is 48.5 Å². The third-order valence-corrected chi connectivity index (χ3v) is 3.79. The van der Waals surface area contributed by atoms with Gasteiger partial charge in [0.15, 0.2) is 0 Å². The maximum absolute atomic E-state index is 12.0. The van der Waals surface area contributed by atoms with Crippen molar-refractivity contribution in [3.63, 3.8) is 0 Å².